The zero-order valence-corrected chi connectivity index (χ0v) is 10.6. The summed E-state index contributed by atoms with van der Waals surface area (Å²) in [5, 5.41) is 10.1. The van der Waals surface area contributed by atoms with Gasteiger partial charge in [-0.3, -0.25) is 10.1 Å². The standard InChI is InChI=1S/C12H8F3N5O/c1-6-4-9(19-18-6)8-5-7(2-3-16-8)10-17-11(21-20-10)12(13,14)15/h2-5H,1H3,(H,18,19). The zero-order chi connectivity index (χ0) is 15.0. The van der Waals surface area contributed by atoms with Crippen molar-refractivity contribution in [2.45, 2.75) is 13.1 Å². The molecule has 0 aliphatic rings. The van der Waals surface area contributed by atoms with E-state index < -0.39 is 12.1 Å². The fraction of sp³-hybridized carbons (Fsp3) is 0.167. The van der Waals surface area contributed by atoms with Crippen molar-refractivity contribution < 1.29 is 17.7 Å². The topological polar surface area (TPSA) is 80.5 Å². The van der Waals surface area contributed by atoms with Gasteiger partial charge >= 0.3 is 12.1 Å². The Morgan fingerprint density at radius 3 is 2.62 bits per heavy atom. The molecule has 0 radical (unpaired) electrons. The molecule has 0 saturated heterocycles. The van der Waals surface area contributed by atoms with Crippen LogP contribution >= 0.6 is 0 Å². The van der Waals surface area contributed by atoms with Crippen molar-refractivity contribution in [2.75, 3.05) is 0 Å². The van der Waals surface area contributed by atoms with E-state index in [9.17, 15) is 13.2 Å². The Kier molecular flexibility index (Phi) is 2.96. The number of hydrogen-bond acceptors (Lipinski definition) is 5. The molecular weight excluding hydrogens is 287 g/mol. The number of aryl methyl sites for hydroxylation is 1. The number of nitrogens with zero attached hydrogens (tertiary/aromatic N) is 4. The number of alkyl halides is 3. The SMILES string of the molecule is Cc1cc(-c2cc(-c3noc(C(F)(F)F)n3)ccn2)n[nH]1. The van der Waals surface area contributed by atoms with Crippen LogP contribution in [0.25, 0.3) is 22.8 Å². The third kappa shape index (κ3) is 2.62. The minimum atomic E-state index is -4.67. The third-order valence-corrected chi connectivity index (χ3v) is 2.66. The van der Waals surface area contributed by atoms with Crippen LogP contribution in [0, 0.1) is 6.92 Å². The zero-order valence-electron chi connectivity index (χ0n) is 10.6. The Labute approximate surface area is 116 Å². The van der Waals surface area contributed by atoms with Crippen LogP contribution < -0.4 is 0 Å². The van der Waals surface area contributed by atoms with E-state index in [0.29, 0.717) is 17.0 Å². The molecule has 3 aromatic rings. The van der Waals surface area contributed by atoms with Crippen molar-refractivity contribution in [3.8, 4) is 22.8 Å². The van der Waals surface area contributed by atoms with Crippen LogP contribution in [0.5, 0.6) is 0 Å². The predicted molar refractivity (Wildman–Crippen MR) is 64.8 cm³/mol. The lowest BCUT2D eigenvalue weighted by Gasteiger charge is -1.98. The second-order valence-electron chi connectivity index (χ2n) is 4.29. The molecule has 0 aliphatic heterocycles. The van der Waals surface area contributed by atoms with E-state index >= 15 is 0 Å². The maximum absolute atomic E-state index is 12.4. The van der Waals surface area contributed by atoms with Crippen molar-refractivity contribution in [1.82, 2.24) is 25.3 Å². The summed E-state index contributed by atoms with van der Waals surface area (Å²) in [5.74, 6) is -1.54. The highest BCUT2D eigenvalue weighted by Gasteiger charge is 2.38. The number of aromatic nitrogens is 5. The van der Waals surface area contributed by atoms with Crippen LogP contribution in [0.1, 0.15) is 11.6 Å². The van der Waals surface area contributed by atoms with E-state index in [-0.39, 0.29) is 5.82 Å². The van der Waals surface area contributed by atoms with Crippen LogP contribution in [0.15, 0.2) is 28.9 Å². The number of pyridine rings is 1. The number of aromatic amines is 1. The molecule has 9 heteroatoms. The Hall–Kier alpha value is -2.71. The highest BCUT2D eigenvalue weighted by Crippen LogP contribution is 2.29. The van der Waals surface area contributed by atoms with Crippen LogP contribution in [0.3, 0.4) is 0 Å². The average molecular weight is 295 g/mol. The van der Waals surface area contributed by atoms with E-state index in [4.69, 9.17) is 0 Å². The molecule has 1 N–H and O–H groups in total. The first kappa shape index (κ1) is 13.3. The van der Waals surface area contributed by atoms with Gasteiger partial charge in [-0.25, -0.2) is 0 Å². The van der Waals surface area contributed by atoms with Gasteiger partial charge in [0.1, 0.15) is 5.69 Å². The summed E-state index contributed by atoms with van der Waals surface area (Å²) in [6, 6.07) is 4.80. The maximum Gasteiger partial charge on any atom is 0.471 e. The number of rotatable bonds is 2. The van der Waals surface area contributed by atoms with Crippen molar-refractivity contribution >= 4 is 0 Å². The van der Waals surface area contributed by atoms with Gasteiger partial charge in [-0.15, -0.1) is 0 Å². The lowest BCUT2D eigenvalue weighted by atomic mass is 10.2. The molecule has 3 aromatic heterocycles. The molecule has 108 valence electrons. The molecule has 3 rings (SSSR count). The average Bonchev–Trinajstić information content (AvgIpc) is 3.07. The lowest BCUT2D eigenvalue weighted by Crippen LogP contribution is -2.04. The van der Waals surface area contributed by atoms with Gasteiger partial charge in [0.2, 0.25) is 5.82 Å². The normalized spacial score (nSPS) is 11.8. The summed E-state index contributed by atoms with van der Waals surface area (Å²) in [4.78, 5) is 7.45. The van der Waals surface area contributed by atoms with E-state index in [1.54, 1.807) is 12.1 Å². The Bertz CT molecular complexity index is 777. The molecule has 0 aliphatic carbocycles. The van der Waals surface area contributed by atoms with E-state index in [1.807, 2.05) is 6.92 Å². The molecule has 0 bridgehead atoms. The Morgan fingerprint density at radius 2 is 2.00 bits per heavy atom. The molecule has 0 spiro atoms. The first-order valence-electron chi connectivity index (χ1n) is 5.83. The highest BCUT2D eigenvalue weighted by atomic mass is 19.4. The molecular formula is C12H8F3N5O. The summed E-state index contributed by atoms with van der Waals surface area (Å²) >= 11 is 0. The summed E-state index contributed by atoms with van der Waals surface area (Å²) in [7, 11) is 0. The monoisotopic (exact) mass is 295 g/mol. The van der Waals surface area contributed by atoms with Crippen molar-refractivity contribution in [2.24, 2.45) is 0 Å². The van der Waals surface area contributed by atoms with Crippen molar-refractivity contribution in [1.29, 1.82) is 0 Å². The number of hydrogen-bond donors (Lipinski definition) is 1. The number of nitrogens with one attached hydrogen (secondary N) is 1. The second-order valence-corrected chi connectivity index (χ2v) is 4.29. The number of H-pyrrole nitrogens is 1. The van der Waals surface area contributed by atoms with E-state index in [2.05, 4.69) is 29.8 Å². The fourth-order valence-electron chi connectivity index (χ4n) is 1.71. The van der Waals surface area contributed by atoms with Gasteiger partial charge in [0.05, 0.1) is 5.69 Å². The summed E-state index contributed by atoms with van der Waals surface area (Å²) in [5.41, 5.74) is 2.28. The minimum absolute atomic E-state index is 0.154. The Morgan fingerprint density at radius 1 is 1.19 bits per heavy atom. The van der Waals surface area contributed by atoms with Crippen molar-refractivity contribution in [3.05, 3.63) is 36.0 Å². The Balaban J connectivity index is 1.98. The molecule has 21 heavy (non-hydrogen) atoms. The molecule has 0 amide bonds. The first-order valence-corrected chi connectivity index (χ1v) is 5.83. The second kappa shape index (κ2) is 4.69. The fourth-order valence-corrected chi connectivity index (χ4v) is 1.71. The van der Waals surface area contributed by atoms with Crippen molar-refractivity contribution in [3.63, 3.8) is 0 Å². The third-order valence-electron chi connectivity index (χ3n) is 2.66. The summed E-state index contributed by atoms with van der Waals surface area (Å²) in [6.45, 7) is 1.83. The lowest BCUT2D eigenvalue weighted by molar-refractivity contribution is -0.159. The highest BCUT2D eigenvalue weighted by molar-refractivity contribution is 5.64. The maximum atomic E-state index is 12.4. The molecule has 0 atom stereocenters. The quantitative estimate of drug-likeness (QED) is 0.786. The van der Waals surface area contributed by atoms with E-state index in [1.165, 1.54) is 12.3 Å². The van der Waals surface area contributed by atoms with Crippen LogP contribution in [0.4, 0.5) is 13.2 Å². The molecule has 0 unspecified atom stereocenters. The minimum Gasteiger partial charge on any atom is -0.329 e. The van der Waals surface area contributed by atoms with Gasteiger partial charge in [0, 0.05) is 17.5 Å². The first-order chi connectivity index (χ1) is 9.93. The number of halogens is 3. The molecule has 0 saturated carbocycles. The molecule has 0 aromatic carbocycles. The van der Waals surface area contributed by atoms with Gasteiger partial charge in [-0.2, -0.15) is 23.3 Å². The van der Waals surface area contributed by atoms with Crippen LogP contribution in [-0.4, -0.2) is 25.3 Å². The molecule has 6 nitrogen and oxygen atoms in total. The van der Waals surface area contributed by atoms with Gasteiger partial charge in [-0.05, 0) is 25.1 Å². The summed E-state index contributed by atoms with van der Waals surface area (Å²) in [6.07, 6.45) is -3.22. The predicted octanol–water partition coefficient (Wildman–Crippen LogP) is 2.85. The molecule has 0 fully saturated rings. The smallest absolute Gasteiger partial charge is 0.329 e. The van der Waals surface area contributed by atoms with Gasteiger partial charge in [0.15, 0.2) is 0 Å². The van der Waals surface area contributed by atoms with Gasteiger partial charge in [-0.1, -0.05) is 5.16 Å². The van der Waals surface area contributed by atoms with Crippen LogP contribution in [0.2, 0.25) is 0 Å². The van der Waals surface area contributed by atoms with Gasteiger partial charge < -0.3 is 4.52 Å². The molecule has 3 heterocycles. The summed E-state index contributed by atoms with van der Waals surface area (Å²) < 4.78 is 41.5. The van der Waals surface area contributed by atoms with Gasteiger partial charge in [0.25, 0.3) is 0 Å². The largest absolute Gasteiger partial charge is 0.471 e. The van der Waals surface area contributed by atoms with Crippen LogP contribution in [-0.2, 0) is 6.18 Å². The van der Waals surface area contributed by atoms with E-state index in [0.717, 1.165) is 5.69 Å².